The number of fused-ring (bicyclic) bond motifs is 1. The summed E-state index contributed by atoms with van der Waals surface area (Å²) in [7, 11) is 0. The highest BCUT2D eigenvalue weighted by atomic mass is 35.5. The maximum absolute atomic E-state index is 10.4. The van der Waals surface area contributed by atoms with Gasteiger partial charge in [-0.15, -0.1) is 0 Å². The minimum atomic E-state index is -0.829. The molecule has 3 rings (SSSR count). The second-order valence-corrected chi connectivity index (χ2v) is 5.12. The molecule has 0 amide bonds. The third-order valence-electron chi connectivity index (χ3n) is 3.29. The molecule has 1 heterocycles. The average molecular weight is 303 g/mol. The van der Waals surface area contributed by atoms with Gasteiger partial charge in [-0.25, -0.2) is 0 Å². The Bertz CT molecular complexity index is 746. The van der Waals surface area contributed by atoms with Crippen LogP contribution in [0.3, 0.4) is 0 Å². The van der Waals surface area contributed by atoms with Crippen LogP contribution in [0.4, 0.5) is 0 Å². The molecule has 0 aliphatic rings. The van der Waals surface area contributed by atoms with Gasteiger partial charge in [0.2, 0.25) is 0 Å². The molecular formula is C17H15ClO3. The lowest BCUT2D eigenvalue weighted by molar-refractivity contribution is 0.192. The van der Waals surface area contributed by atoms with Gasteiger partial charge in [-0.2, -0.15) is 0 Å². The number of benzene rings is 2. The quantitative estimate of drug-likeness (QED) is 0.768. The number of halogens is 1. The molecule has 0 bridgehead atoms. The fraction of sp³-hybridized carbons (Fsp3) is 0.176. The lowest BCUT2D eigenvalue weighted by Crippen LogP contribution is -1.98. The molecule has 0 aliphatic heterocycles. The summed E-state index contributed by atoms with van der Waals surface area (Å²) in [5.74, 6) is 1.25. The summed E-state index contributed by atoms with van der Waals surface area (Å²) in [5, 5.41) is 11.8. The molecule has 0 radical (unpaired) electrons. The Morgan fingerprint density at radius 3 is 2.62 bits per heavy atom. The van der Waals surface area contributed by atoms with Gasteiger partial charge >= 0.3 is 0 Å². The highest BCUT2D eigenvalue weighted by Gasteiger charge is 2.16. The number of aliphatic hydroxyl groups excluding tert-OH is 1. The van der Waals surface area contributed by atoms with Crippen LogP contribution in [0.15, 0.2) is 52.9 Å². The maximum atomic E-state index is 10.4. The zero-order valence-electron chi connectivity index (χ0n) is 11.5. The minimum Gasteiger partial charge on any atom is -0.494 e. The van der Waals surface area contributed by atoms with Gasteiger partial charge < -0.3 is 14.3 Å². The van der Waals surface area contributed by atoms with Crippen LogP contribution in [0.2, 0.25) is 5.02 Å². The molecule has 0 saturated carbocycles. The SMILES string of the molecule is CCOc1ccc(C(O)c2cc3cccc(Cl)c3o2)cc1. The Kier molecular flexibility index (Phi) is 3.86. The van der Waals surface area contributed by atoms with Crippen molar-refractivity contribution in [2.24, 2.45) is 0 Å². The van der Waals surface area contributed by atoms with Gasteiger partial charge in [0.15, 0.2) is 5.58 Å². The lowest BCUT2D eigenvalue weighted by Gasteiger charge is -2.09. The van der Waals surface area contributed by atoms with Crippen LogP contribution in [0, 0.1) is 0 Å². The van der Waals surface area contributed by atoms with Crippen molar-refractivity contribution >= 4 is 22.6 Å². The summed E-state index contributed by atoms with van der Waals surface area (Å²) in [6.45, 7) is 2.55. The van der Waals surface area contributed by atoms with E-state index >= 15 is 0 Å². The predicted molar refractivity (Wildman–Crippen MR) is 82.9 cm³/mol. The first-order valence-corrected chi connectivity index (χ1v) is 7.15. The first-order valence-electron chi connectivity index (χ1n) is 6.78. The first kappa shape index (κ1) is 14.0. The van der Waals surface area contributed by atoms with E-state index in [1.165, 1.54) is 0 Å². The van der Waals surface area contributed by atoms with E-state index in [4.69, 9.17) is 20.8 Å². The maximum Gasteiger partial charge on any atom is 0.153 e. The summed E-state index contributed by atoms with van der Waals surface area (Å²) < 4.78 is 11.1. The fourth-order valence-electron chi connectivity index (χ4n) is 2.26. The molecule has 3 nitrogen and oxygen atoms in total. The summed E-state index contributed by atoms with van der Waals surface area (Å²) in [6.07, 6.45) is -0.829. The van der Waals surface area contributed by atoms with Crippen LogP contribution in [0.1, 0.15) is 24.4 Å². The van der Waals surface area contributed by atoms with Gasteiger partial charge in [-0.05, 0) is 36.8 Å². The van der Waals surface area contributed by atoms with E-state index in [9.17, 15) is 5.11 Å². The van der Waals surface area contributed by atoms with Crippen molar-refractivity contribution in [3.05, 3.63) is 64.9 Å². The van der Waals surface area contributed by atoms with E-state index in [0.29, 0.717) is 23.0 Å². The largest absolute Gasteiger partial charge is 0.494 e. The van der Waals surface area contributed by atoms with Gasteiger partial charge in [-0.1, -0.05) is 35.9 Å². The molecule has 1 unspecified atom stereocenters. The molecule has 21 heavy (non-hydrogen) atoms. The van der Waals surface area contributed by atoms with Gasteiger partial charge in [0.05, 0.1) is 11.6 Å². The Morgan fingerprint density at radius 2 is 1.95 bits per heavy atom. The summed E-state index contributed by atoms with van der Waals surface area (Å²) >= 11 is 6.08. The molecule has 4 heteroatoms. The highest BCUT2D eigenvalue weighted by molar-refractivity contribution is 6.34. The van der Waals surface area contributed by atoms with Crippen molar-refractivity contribution in [2.45, 2.75) is 13.0 Å². The number of hydrogen-bond donors (Lipinski definition) is 1. The Balaban J connectivity index is 1.92. The zero-order chi connectivity index (χ0) is 14.8. The summed E-state index contributed by atoms with van der Waals surface area (Å²) in [4.78, 5) is 0. The molecule has 0 fully saturated rings. The smallest absolute Gasteiger partial charge is 0.153 e. The predicted octanol–water partition coefficient (Wildman–Crippen LogP) is 4.57. The van der Waals surface area contributed by atoms with Crippen LogP contribution < -0.4 is 4.74 Å². The second kappa shape index (κ2) is 5.80. The van der Waals surface area contributed by atoms with E-state index in [1.807, 2.05) is 49.4 Å². The standard InChI is InChI=1S/C17H15ClO3/c1-2-20-13-8-6-11(7-9-13)16(19)15-10-12-4-3-5-14(18)17(12)21-15/h3-10,16,19H,2H2,1H3. The van der Waals surface area contributed by atoms with E-state index in [2.05, 4.69) is 0 Å². The number of hydrogen-bond acceptors (Lipinski definition) is 3. The van der Waals surface area contributed by atoms with Crippen molar-refractivity contribution in [1.29, 1.82) is 0 Å². The van der Waals surface area contributed by atoms with Crippen LogP contribution in [-0.2, 0) is 0 Å². The molecule has 108 valence electrons. The highest BCUT2D eigenvalue weighted by Crippen LogP contribution is 2.32. The third kappa shape index (κ3) is 2.75. The zero-order valence-corrected chi connectivity index (χ0v) is 12.3. The number of para-hydroxylation sites is 1. The fourth-order valence-corrected chi connectivity index (χ4v) is 2.48. The third-order valence-corrected chi connectivity index (χ3v) is 3.59. The van der Waals surface area contributed by atoms with E-state index in [-0.39, 0.29) is 0 Å². The van der Waals surface area contributed by atoms with Gasteiger partial charge in [-0.3, -0.25) is 0 Å². The molecule has 1 atom stereocenters. The molecule has 3 aromatic rings. The van der Waals surface area contributed by atoms with Crippen LogP contribution >= 0.6 is 11.6 Å². The number of ether oxygens (including phenoxy) is 1. The Labute approximate surface area is 127 Å². The van der Waals surface area contributed by atoms with Gasteiger partial charge in [0.1, 0.15) is 17.6 Å². The Hall–Kier alpha value is -1.97. The average Bonchev–Trinajstić information content (AvgIpc) is 2.93. The normalized spacial score (nSPS) is 12.5. The van der Waals surface area contributed by atoms with Crippen molar-refractivity contribution in [1.82, 2.24) is 0 Å². The molecule has 2 aromatic carbocycles. The van der Waals surface area contributed by atoms with Gasteiger partial charge in [0.25, 0.3) is 0 Å². The van der Waals surface area contributed by atoms with Crippen molar-refractivity contribution in [3.8, 4) is 5.75 Å². The summed E-state index contributed by atoms with van der Waals surface area (Å²) in [6, 6.07) is 14.6. The first-order chi connectivity index (χ1) is 10.2. The molecular weight excluding hydrogens is 288 g/mol. The van der Waals surface area contributed by atoms with Crippen LogP contribution in [0.5, 0.6) is 5.75 Å². The van der Waals surface area contributed by atoms with E-state index in [0.717, 1.165) is 16.7 Å². The van der Waals surface area contributed by atoms with Crippen LogP contribution in [-0.4, -0.2) is 11.7 Å². The molecule has 1 N–H and O–H groups in total. The van der Waals surface area contributed by atoms with Crippen LogP contribution in [0.25, 0.3) is 11.0 Å². The van der Waals surface area contributed by atoms with Gasteiger partial charge in [0, 0.05) is 5.39 Å². The molecule has 0 saturated heterocycles. The van der Waals surface area contributed by atoms with Crippen molar-refractivity contribution in [3.63, 3.8) is 0 Å². The monoisotopic (exact) mass is 302 g/mol. The topological polar surface area (TPSA) is 42.6 Å². The molecule has 0 spiro atoms. The van der Waals surface area contributed by atoms with Crippen molar-refractivity contribution < 1.29 is 14.3 Å². The Morgan fingerprint density at radius 1 is 1.19 bits per heavy atom. The lowest BCUT2D eigenvalue weighted by atomic mass is 10.1. The number of aliphatic hydroxyl groups is 1. The number of furan rings is 1. The van der Waals surface area contributed by atoms with E-state index < -0.39 is 6.10 Å². The minimum absolute atomic E-state index is 0.474. The molecule has 1 aromatic heterocycles. The summed E-state index contributed by atoms with van der Waals surface area (Å²) in [5.41, 5.74) is 1.34. The van der Waals surface area contributed by atoms with E-state index in [1.54, 1.807) is 6.07 Å². The molecule has 0 aliphatic carbocycles. The second-order valence-electron chi connectivity index (χ2n) is 4.71. The number of rotatable bonds is 4. The van der Waals surface area contributed by atoms with Crippen molar-refractivity contribution in [2.75, 3.05) is 6.61 Å².